The summed E-state index contributed by atoms with van der Waals surface area (Å²) < 4.78 is 5.21. The molecule has 0 spiro atoms. The molecule has 0 radical (unpaired) electrons. The molecule has 2 aromatic rings. The van der Waals surface area contributed by atoms with Crippen LogP contribution < -0.4 is 10.6 Å². The minimum atomic E-state index is -0.568. The van der Waals surface area contributed by atoms with Crippen LogP contribution in [0.3, 0.4) is 0 Å². The van der Waals surface area contributed by atoms with Crippen LogP contribution in [0.2, 0.25) is 0 Å². The van der Waals surface area contributed by atoms with Gasteiger partial charge >= 0.3 is 6.03 Å². The van der Waals surface area contributed by atoms with Gasteiger partial charge in [0.1, 0.15) is 6.10 Å². The van der Waals surface area contributed by atoms with Gasteiger partial charge in [0, 0.05) is 12.0 Å². The van der Waals surface area contributed by atoms with Crippen molar-refractivity contribution in [1.29, 1.82) is 0 Å². The van der Waals surface area contributed by atoms with E-state index in [9.17, 15) is 9.59 Å². The maximum absolute atomic E-state index is 11.9. The predicted octanol–water partition coefficient (Wildman–Crippen LogP) is 2.67. The van der Waals surface area contributed by atoms with Gasteiger partial charge in [0.2, 0.25) is 0 Å². The molecule has 0 aliphatic carbocycles. The van der Waals surface area contributed by atoms with Gasteiger partial charge in [-0.25, -0.2) is 4.79 Å². The van der Waals surface area contributed by atoms with Gasteiger partial charge in [0.05, 0.1) is 11.4 Å². The number of nitrogens with zero attached hydrogens (tertiary/aromatic N) is 1. The number of rotatable bonds is 2. The fraction of sp³-hybridized carbons (Fsp3) is 0.125. The second-order valence-electron chi connectivity index (χ2n) is 4.79. The van der Waals surface area contributed by atoms with E-state index < -0.39 is 12.1 Å². The van der Waals surface area contributed by atoms with Crippen LogP contribution in [0, 0.1) is 0 Å². The average molecular weight is 282 g/mol. The molecular weight excluding hydrogens is 268 g/mol. The number of anilines is 2. The van der Waals surface area contributed by atoms with Crippen LogP contribution >= 0.6 is 0 Å². The number of hydrogen-bond donors (Lipinski definition) is 1. The molecule has 0 fully saturated rings. The van der Waals surface area contributed by atoms with Gasteiger partial charge in [0.15, 0.2) is 0 Å². The molecule has 0 aromatic heterocycles. The van der Waals surface area contributed by atoms with Crippen LogP contribution in [0.1, 0.15) is 17.2 Å². The molecule has 1 heterocycles. The maximum Gasteiger partial charge on any atom is 0.323 e. The first-order valence-corrected chi connectivity index (χ1v) is 6.58. The second kappa shape index (κ2) is 5.28. The van der Waals surface area contributed by atoms with Gasteiger partial charge < -0.3 is 10.5 Å². The van der Waals surface area contributed by atoms with Gasteiger partial charge in [-0.2, -0.15) is 0 Å². The van der Waals surface area contributed by atoms with Crippen LogP contribution in [-0.4, -0.2) is 12.5 Å². The van der Waals surface area contributed by atoms with E-state index >= 15 is 0 Å². The molecule has 0 unspecified atom stereocenters. The van der Waals surface area contributed by atoms with E-state index in [0.29, 0.717) is 18.6 Å². The zero-order chi connectivity index (χ0) is 14.8. The number of benzene rings is 2. The Kier molecular flexibility index (Phi) is 3.31. The van der Waals surface area contributed by atoms with Crippen molar-refractivity contribution in [3.8, 4) is 0 Å². The highest BCUT2D eigenvalue weighted by Gasteiger charge is 2.29. The highest BCUT2D eigenvalue weighted by Crippen LogP contribution is 2.40. The Morgan fingerprint density at radius 1 is 1.14 bits per heavy atom. The lowest BCUT2D eigenvalue weighted by Gasteiger charge is -2.23. The summed E-state index contributed by atoms with van der Waals surface area (Å²) in [6.07, 6.45) is 0.0552. The predicted molar refractivity (Wildman–Crippen MR) is 78.2 cm³/mol. The van der Waals surface area contributed by atoms with Crippen LogP contribution in [0.15, 0.2) is 48.5 Å². The Bertz CT molecular complexity index is 699. The monoisotopic (exact) mass is 282 g/mol. The summed E-state index contributed by atoms with van der Waals surface area (Å²) in [5.74, 6) is 0. The van der Waals surface area contributed by atoms with Gasteiger partial charge in [0.25, 0.3) is 6.47 Å². The minimum Gasteiger partial charge on any atom is -0.459 e. The molecule has 1 atom stereocenters. The van der Waals surface area contributed by atoms with Crippen molar-refractivity contribution >= 4 is 23.9 Å². The van der Waals surface area contributed by atoms with E-state index in [1.54, 1.807) is 6.07 Å². The summed E-state index contributed by atoms with van der Waals surface area (Å²) in [5.41, 5.74) is 8.59. The summed E-state index contributed by atoms with van der Waals surface area (Å²) in [7, 11) is 0. The number of amides is 2. The summed E-state index contributed by atoms with van der Waals surface area (Å²) in [6.45, 7) is 0.435. The van der Waals surface area contributed by atoms with Crippen molar-refractivity contribution in [3.05, 3.63) is 59.7 Å². The number of para-hydroxylation sites is 2. The fourth-order valence-corrected chi connectivity index (χ4v) is 2.73. The standard InChI is InChI=1S/C16H14N2O3/c17-16(20)18-13-7-3-1-5-11(13)9-15(21-10-19)12-6-2-4-8-14(12)18/h1-8,10,15H,9H2,(H2,17,20)/t15-/m1/s1. The molecular formula is C16H14N2O3. The Morgan fingerprint density at radius 3 is 2.52 bits per heavy atom. The number of hydrogen-bond acceptors (Lipinski definition) is 3. The largest absolute Gasteiger partial charge is 0.459 e. The smallest absolute Gasteiger partial charge is 0.323 e. The zero-order valence-corrected chi connectivity index (χ0v) is 11.2. The van der Waals surface area contributed by atoms with Gasteiger partial charge in [-0.3, -0.25) is 9.69 Å². The normalized spacial score (nSPS) is 16.4. The van der Waals surface area contributed by atoms with Crippen molar-refractivity contribution in [2.75, 3.05) is 4.90 Å². The number of urea groups is 1. The minimum absolute atomic E-state index is 0.435. The van der Waals surface area contributed by atoms with Gasteiger partial charge in [-0.15, -0.1) is 0 Å². The third kappa shape index (κ3) is 2.23. The molecule has 106 valence electrons. The van der Waals surface area contributed by atoms with E-state index in [4.69, 9.17) is 10.5 Å². The topological polar surface area (TPSA) is 72.6 Å². The van der Waals surface area contributed by atoms with E-state index in [2.05, 4.69) is 0 Å². The molecule has 5 nitrogen and oxygen atoms in total. The van der Waals surface area contributed by atoms with E-state index in [0.717, 1.165) is 16.8 Å². The van der Waals surface area contributed by atoms with E-state index in [-0.39, 0.29) is 0 Å². The first-order chi connectivity index (χ1) is 10.2. The number of carbonyl (C=O) groups excluding carboxylic acids is 2. The van der Waals surface area contributed by atoms with Crippen molar-refractivity contribution in [3.63, 3.8) is 0 Å². The molecule has 2 amide bonds. The van der Waals surface area contributed by atoms with Crippen LogP contribution in [0.4, 0.5) is 16.2 Å². The van der Waals surface area contributed by atoms with E-state index in [1.165, 1.54) is 4.90 Å². The maximum atomic E-state index is 11.9. The Balaban J connectivity index is 2.25. The number of nitrogens with two attached hydrogens (primary N) is 1. The molecule has 21 heavy (non-hydrogen) atoms. The molecule has 1 aliphatic heterocycles. The Labute approximate surface area is 121 Å². The fourth-order valence-electron chi connectivity index (χ4n) is 2.73. The first kappa shape index (κ1) is 13.2. The molecule has 0 saturated heterocycles. The van der Waals surface area contributed by atoms with Crippen LogP contribution in [-0.2, 0) is 16.0 Å². The quantitative estimate of drug-likeness (QED) is 0.861. The van der Waals surface area contributed by atoms with Crippen molar-refractivity contribution in [2.45, 2.75) is 12.5 Å². The Morgan fingerprint density at radius 2 is 1.81 bits per heavy atom. The zero-order valence-electron chi connectivity index (χ0n) is 11.2. The lowest BCUT2D eigenvalue weighted by atomic mass is 10.0. The molecule has 0 bridgehead atoms. The van der Waals surface area contributed by atoms with Crippen molar-refractivity contribution in [1.82, 2.24) is 0 Å². The number of fused-ring (bicyclic) bond motifs is 2. The second-order valence-corrected chi connectivity index (χ2v) is 4.79. The summed E-state index contributed by atoms with van der Waals surface area (Å²) in [6, 6.07) is 14.2. The lowest BCUT2D eigenvalue weighted by molar-refractivity contribution is -0.133. The lowest BCUT2D eigenvalue weighted by Crippen LogP contribution is -2.32. The van der Waals surface area contributed by atoms with E-state index in [1.807, 2.05) is 42.5 Å². The number of carbonyl (C=O) groups is 2. The first-order valence-electron chi connectivity index (χ1n) is 6.58. The molecule has 2 N–H and O–H groups in total. The van der Waals surface area contributed by atoms with Crippen molar-refractivity contribution in [2.24, 2.45) is 5.73 Å². The van der Waals surface area contributed by atoms with Gasteiger partial charge in [-0.1, -0.05) is 36.4 Å². The summed E-state index contributed by atoms with van der Waals surface area (Å²) >= 11 is 0. The molecule has 5 heteroatoms. The van der Waals surface area contributed by atoms with Crippen LogP contribution in [0.5, 0.6) is 0 Å². The van der Waals surface area contributed by atoms with Gasteiger partial charge in [-0.05, 0) is 17.7 Å². The number of primary amides is 1. The Hall–Kier alpha value is -2.82. The highest BCUT2D eigenvalue weighted by molar-refractivity contribution is 6.00. The summed E-state index contributed by atoms with van der Waals surface area (Å²) in [4.78, 5) is 24.2. The molecule has 0 saturated carbocycles. The third-order valence-electron chi connectivity index (χ3n) is 3.60. The molecule has 2 aromatic carbocycles. The number of ether oxygens (including phenoxy) is 1. The average Bonchev–Trinajstić information content (AvgIpc) is 2.62. The van der Waals surface area contributed by atoms with Crippen molar-refractivity contribution < 1.29 is 14.3 Å². The third-order valence-corrected chi connectivity index (χ3v) is 3.60. The molecule has 3 rings (SSSR count). The van der Waals surface area contributed by atoms with Crippen LogP contribution in [0.25, 0.3) is 0 Å². The highest BCUT2D eigenvalue weighted by atomic mass is 16.5. The SMILES string of the molecule is NC(=O)N1c2ccccc2C[C@@H](OC=O)c2ccccc21. The molecule has 1 aliphatic rings. The summed E-state index contributed by atoms with van der Waals surface area (Å²) in [5, 5.41) is 0.